The first-order chi connectivity index (χ1) is 23.8. The molecule has 1 saturated carbocycles. The van der Waals surface area contributed by atoms with Crippen LogP contribution in [0.25, 0.3) is 22.0 Å². The third-order valence-corrected chi connectivity index (χ3v) is 10.6. The van der Waals surface area contributed by atoms with Crippen molar-refractivity contribution in [3.63, 3.8) is 0 Å². The number of hydrogen-bond donors (Lipinski definition) is 1. The number of carbonyl (C=O) groups is 4. The molecule has 4 heterocycles. The van der Waals surface area contributed by atoms with E-state index in [4.69, 9.17) is 10.5 Å². The van der Waals surface area contributed by atoms with Crippen LogP contribution in [0, 0.1) is 18.3 Å². The van der Waals surface area contributed by atoms with Gasteiger partial charge in [-0.05, 0) is 82.8 Å². The highest BCUT2D eigenvalue weighted by Gasteiger charge is 2.66. The Morgan fingerprint density at radius 3 is 2.50 bits per heavy atom. The lowest BCUT2D eigenvalue weighted by Crippen LogP contribution is -2.45. The SMILES string of the molecule is CCCC[C@@]12C[C@@H](C(=O)Cc3nc(Br)ccc3C)N(C(=O)Cn3nc(C(C)=O)c4cc(-c5cnc(OC(=O)[C@@H](N)C(C)C)nc5)ccc43)[C@@H]1C2. The number of rotatable bonds is 13. The van der Waals surface area contributed by atoms with Crippen LogP contribution in [0.4, 0.5) is 0 Å². The van der Waals surface area contributed by atoms with Crippen LogP contribution in [0.15, 0.2) is 47.3 Å². The number of halogens is 1. The minimum absolute atomic E-state index is 0.0103. The molecule has 1 aliphatic carbocycles. The highest BCUT2D eigenvalue weighted by molar-refractivity contribution is 9.10. The van der Waals surface area contributed by atoms with E-state index in [0.29, 0.717) is 38.7 Å². The summed E-state index contributed by atoms with van der Waals surface area (Å²) in [7, 11) is 0. The molecule has 6 rings (SSSR count). The van der Waals surface area contributed by atoms with Gasteiger partial charge in [0.2, 0.25) is 5.91 Å². The number of ether oxygens (including phenoxy) is 1. The lowest BCUT2D eigenvalue weighted by molar-refractivity contribution is -0.139. The van der Waals surface area contributed by atoms with Crippen molar-refractivity contribution in [1.82, 2.24) is 29.6 Å². The third kappa shape index (κ3) is 6.98. The monoisotopic (exact) mass is 743 g/mol. The summed E-state index contributed by atoms with van der Waals surface area (Å²) in [6, 6.07) is 7.81. The van der Waals surface area contributed by atoms with Crippen molar-refractivity contribution < 1.29 is 23.9 Å². The number of amides is 1. The van der Waals surface area contributed by atoms with Crippen LogP contribution in [0.2, 0.25) is 0 Å². The van der Waals surface area contributed by atoms with Crippen molar-refractivity contribution in [2.45, 2.75) is 97.8 Å². The molecule has 13 heteroatoms. The fourth-order valence-corrected chi connectivity index (χ4v) is 7.41. The number of pyridine rings is 1. The Labute approximate surface area is 299 Å². The largest absolute Gasteiger partial charge is 0.390 e. The number of aromatic nitrogens is 5. The van der Waals surface area contributed by atoms with Gasteiger partial charge in [0.25, 0.3) is 0 Å². The molecule has 3 aromatic heterocycles. The van der Waals surface area contributed by atoms with Gasteiger partial charge in [-0.15, -0.1) is 0 Å². The lowest BCUT2D eigenvalue weighted by Gasteiger charge is -2.27. The Morgan fingerprint density at radius 1 is 1.08 bits per heavy atom. The third-order valence-electron chi connectivity index (χ3n) is 10.1. The number of nitrogens with zero attached hydrogens (tertiary/aromatic N) is 6. The van der Waals surface area contributed by atoms with Crippen LogP contribution >= 0.6 is 15.9 Å². The number of likely N-dealkylation sites (tertiary alicyclic amines) is 1. The first-order valence-electron chi connectivity index (χ1n) is 17.1. The summed E-state index contributed by atoms with van der Waals surface area (Å²) in [5.41, 5.74) is 9.66. The zero-order valence-electron chi connectivity index (χ0n) is 29.0. The molecule has 262 valence electrons. The maximum Gasteiger partial charge on any atom is 0.330 e. The first kappa shape index (κ1) is 35.5. The van der Waals surface area contributed by atoms with Gasteiger partial charge in [0.1, 0.15) is 22.9 Å². The predicted octanol–water partition coefficient (Wildman–Crippen LogP) is 5.41. The molecule has 1 saturated heterocycles. The van der Waals surface area contributed by atoms with Crippen molar-refractivity contribution in [1.29, 1.82) is 0 Å². The second-order valence-corrected chi connectivity index (χ2v) is 14.8. The smallest absolute Gasteiger partial charge is 0.330 e. The Bertz CT molecular complexity index is 1980. The van der Waals surface area contributed by atoms with Gasteiger partial charge in [-0.1, -0.05) is 45.7 Å². The molecular weight excluding hydrogens is 702 g/mol. The molecule has 50 heavy (non-hydrogen) atoms. The standard InChI is InChI=1S/C37H42BrN7O5/c1-6-7-12-37-15-28(29(47)14-26-21(4)8-11-31(38)42-26)45(30(37)16-37)32(48)19-44-27-10-9-23(13-25(27)34(43-44)22(5)46)24-17-40-36(41-18-24)50-35(49)33(39)20(2)3/h8-11,13,17-18,20,28,30,33H,6-7,12,14-16,19,39H2,1-5H3/t28-,30+,33-,37-/m0/s1. The fourth-order valence-electron chi connectivity index (χ4n) is 7.06. The highest BCUT2D eigenvalue weighted by atomic mass is 79.9. The number of piperidine rings is 1. The summed E-state index contributed by atoms with van der Waals surface area (Å²) in [6.07, 6.45) is 7.82. The zero-order valence-corrected chi connectivity index (χ0v) is 30.6. The Morgan fingerprint density at radius 2 is 1.82 bits per heavy atom. The summed E-state index contributed by atoms with van der Waals surface area (Å²) in [4.78, 5) is 67.8. The summed E-state index contributed by atoms with van der Waals surface area (Å²) in [5.74, 6) is -1.17. The molecule has 0 spiro atoms. The van der Waals surface area contributed by atoms with Crippen molar-refractivity contribution in [2.24, 2.45) is 17.1 Å². The maximum absolute atomic E-state index is 14.2. The van der Waals surface area contributed by atoms with Gasteiger partial charge < -0.3 is 15.4 Å². The van der Waals surface area contributed by atoms with Crippen molar-refractivity contribution in [2.75, 3.05) is 0 Å². The number of unbranched alkanes of at least 4 members (excludes halogenated alkanes) is 1. The molecule has 2 aliphatic rings. The topological polar surface area (TPSA) is 163 Å². The van der Waals surface area contributed by atoms with Gasteiger partial charge in [0.15, 0.2) is 11.6 Å². The first-order valence-corrected chi connectivity index (χ1v) is 17.9. The number of nitrogens with two attached hydrogens (primary N) is 1. The number of benzene rings is 1. The quantitative estimate of drug-likeness (QED) is 0.106. The summed E-state index contributed by atoms with van der Waals surface area (Å²) < 4.78 is 7.45. The van der Waals surface area contributed by atoms with E-state index >= 15 is 0 Å². The Hall–Kier alpha value is -4.36. The van der Waals surface area contributed by atoms with Crippen molar-refractivity contribution in [3.05, 3.63) is 64.3 Å². The molecule has 12 nitrogen and oxygen atoms in total. The number of esters is 1. The molecule has 0 unspecified atom stereocenters. The van der Waals surface area contributed by atoms with E-state index < -0.39 is 18.1 Å². The van der Waals surface area contributed by atoms with Crippen molar-refractivity contribution in [3.8, 4) is 17.1 Å². The van der Waals surface area contributed by atoms with Crippen LogP contribution in [-0.2, 0) is 27.3 Å². The summed E-state index contributed by atoms with van der Waals surface area (Å²) >= 11 is 3.42. The van der Waals surface area contributed by atoms with E-state index in [0.717, 1.165) is 31.2 Å². The van der Waals surface area contributed by atoms with Gasteiger partial charge >= 0.3 is 12.0 Å². The van der Waals surface area contributed by atoms with Gasteiger partial charge in [-0.3, -0.25) is 19.1 Å². The van der Waals surface area contributed by atoms with E-state index in [-0.39, 0.29) is 59.5 Å². The normalized spacial score (nSPS) is 20.2. The minimum Gasteiger partial charge on any atom is -0.390 e. The highest BCUT2D eigenvalue weighted by Crippen LogP contribution is 2.62. The van der Waals surface area contributed by atoms with E-state index in [9.17, 15) is 19.2 Å². The second kappa shape index (κ2) is 14.1. The van der Waals surface area contributed by atoms with Crippen LogP contribution in [0.1, 0.15) is 81.5 Å². The maximum atomic E-state index is 14.2. The van der Waals surface area contributed by atoms with E-state index in [2.05, 4.69) is 42.9 Å². The van der Waals surface area contributed by atoms with Gasteiger partial charge in [0, 0.05) is 36.3 Å². The Kier molecular flexibility index (Phi) is 10.0. The minimum atomic E-state index is -0.794. The Balaban J connectivity index is 1.25. The van der Waals surface area contributed by atoms with E-state index in [1.165, 1.54) is 19.3 Å². The molecule has 1 amide bonds. The van der Waals surface area contributed by atoms with Gasteiger partial charge in [-0.25, -0.2) is 19.7 Å². The van der Waals surface area contributed by atoms with Gasteiger partial charge in [0.05, 0.1) is 23.7 Å². The zero-order chi connectivity index (χ0) is 35.9. The molecule has 0 radical (unpaired) electrons. The van der Waals surface area contributed by atoms with Crippen molar-refractivity contribution >= 4 is 50.3 Å². The van der Waals surface area contributed by atoms with Crippen LogP contribution in [-0.4, -0.2) is 71.2 Å². The number of hydrogen-bond acceptors (Lipinski definition) is 10. The van der Waals surface area contributed by atoms with E-state index in [1.54, 1.807) is 9.58 Å². The van der Waals surface area contributed by atoms with Crippen LogP contribution < -0.4 is 10.5 Å². The molecule has 4 atom stereocenters. The van der Waals surface area contributed by atoms with E-state index in [1.807, 2.05) is 51.1 Å². The number of carbonyl (C=O) groups excluding carboxylic acids is 4. The predicted molar refractivity (Wildman–Crippen MR) is 190 cm³/mol. The molecular formula is C37H42BrN7O5. The number of ketones is 2. The molecule has 1 aliphatic heterocycles. The average molecular weight is 745 g/mol. The number of Topliss-reactive ketones (excluding diaryl/α,β-unsaturated/α-hetero) is 2. The van der Waals surface area contributed by atoms with Crippen LogP contribution in [0.5, 0.6) is 6.01 Å². The molecule has 1 aromatic carbocycles. The molecule has 2 N–H and O–H groups in total. The fraction of sp³-hybridized carbons (Fsp3) is 0.459. The summed E-state index contributed by atoms with van der Waals surface area (Å²) in [6.45, 7) is 9.06. The summed E-state index contributed by atoms with van der Waals surface area (Å²) in [5, 5.41) is 5.17. The molecule has 4 aromatic rings. The van der Waals surface area contributed by atoms with Gasteiger partial charge in [-0.2, -0.15) is 5.10 Å². The lowest BCUT2D eigenvalue weighted by atomic mass is 9.91. The molecule has 2 fully saturated rings. The molecule has 0 bridgehead atoms. The number of fused-ring (bicyclic) bond motifs is 2. The number of aryl methyl sites for hydroxylation is 1. The average Bonchev–Trinajstić information content (AvgIpc) is 3.50. The second-order valence-electron chi connectivity index (χ2n) is 14.0. The van der Waals surface area contributed by atoms with Crippen LogP contribution in [0.3, 0.4) is 0 Å².